The van der Waals surface area contributed by atoms with Gasteiger partial charge in [-0.3, -0.25) is 0 Å². The van der Waals surface area contributed by atoms with Crippen LogP contribution in [-0.4, -0.2) is 29.3 Å². The first-order valence-electron chi connectivity index (χ1n) is 6.45. The van der Waals surface area contributed by atoms with Crippen molar-refractivity contribution in [2.24, 2.45) is 11.7 Å². The third-order valence-electron chi connectivity index (χ3n) is 3.35. The van der Waals surface area contributed by atoms with E-state index in [0.29, 0.717) is 17.9 Å². The summed E-state index contributed by atoms with van der Waals surface area (Å²) in [4.78, 5) is 2.30. The molecule has 0 saturated carbocycles. The van der Waals surface area contributed by atoms with Crippen molar-refractivity contribution in [1.82, 2.24) is 10.2 Å². The van der Waals surface area contributed by atoms with Crippen molar-refractivity contribution in [1.29, 1.82) is 0 Å². The van der Waals surface area contributed by atoms with Gasteiger partial charge in [0.05, 0.1) is 0 Å². The predicted molar refractivity (Wildman–Crippen MR) is 72.6 cm³/mol. The van der Waals surface area contributed by atoms with Gasteiger partial charge in [-0.1, -0.05) is 38.5 Å². The van der Waals surface area contributed by atoms with Gasteiger partial charge in [-0.15, -0.1) is 10.2 Å². The molecule has 2 atom stereocenters. The maximum atomic E-state index is 6.17. The zero-order chi connectivity index (χ0) is 12.4. The van der Waals surface area contributed by atoms with Crippen molar-refractivity contribution in [3.8, 4) is 0 Å². The molecule has 2 rings (SSSR count). The second-order valence-corrected chi connectivity index (χ2v) is 6.18. The second kappa shape index (κ2) is 5.31. The highest BCUT2D eigenvalue weighted by atomic mass is 32.1. The van der Waals surface area contributed by atoms with Gasteiger partial charge in [0.1, 0.15) is 5.01 Å². The average molecular weight is 254 g/mol. The van der Waals surface area contributed by atoms with E-state index in [2.05, 4.69) is 35.9 Å². The van der Waals surface area contributed by atoms with Crippen LogP contribution >= 0.6 is 11.3 Å². The van der Waals surface area contributed by atoms with E-state index >= 15 is 0 Å². The Morgan fingerprint density at radius 2 is 2.18 bits per heavy atom. The second-order valence-electron chi connectivity index (χ2n) is 5.20. The Balaban J connectivity index is 2.03. The average Bonchev–Trinajstić information content (AvgIpc) is 2.86. The van der Waals surface area contributed by atoms with Crippen LogP contribution in [0.4, 0.5) is 5.13 Å². The van der Waals surface area contributed by atoms with E-state index < -0.39 is 0 Å². The third kappa shape index (κ3) is 2.77. The van der Waals surface area contributed by atoms with Crippen LogP contribution < -0.4 is 10.6 Å². The minimum Gasteiger partial charge on any atom is -0.345 e. The lowest BCUT2D eigenvalue weighted by molar-refractivity contribution is 0.472. The Bertz CT molecular complexity index is 363. The fraction of sp³-hybridized carbons (Fsp3) is 0.833. The summed E-state index contributed by atoms with van der Waals surface area (Å²) in [6.07, 6.45) is 2.42. The summed E-state index contributed by atoms with van der Waals surface area (Å²) in [5.41, 5.74) is 6.17. The van der Waals surface area contributed by atoms with Crippen molar-refractivity contribution in [3.63, 3.8) is 0 Å². The minimum absolute atomic E-state index is 0.293. The van der Waals surface area contributed by atoms with Gasteiger partial charge in [-0.05, 0) is 12.3 Å². The molecule has 96 valence electrons. The Morgan fingerprint density at radius 1 is 1.41 bits per heavy atom. The summed E-state index contributed by atoms with van der Waals surface area (Å²) < 4.78 is 0. The van der Waals surface area contributed by atoms with Crippen LogP contribution in [0, 0.1) is 5.92 Å². The van der Waals surface area contributed by atoms with E-state index in [1.807, 2.05) is 0 Å². The molecule has 1 fully saturated rings. The maximum absolute atomic E-state index is 6.17. The van der Waals surface area contributed by atoms with Gasteiger partial charge >= 0.3 is 0 Å². The lowest BCUT2D eigenvalue weighted by atomic mass is 9.99. The minimum atomic E-state index is 0.293. The van der Waals surface area contributed by atoms with Crippen molar-refractivity contribution in [2.45, 2.75) is 45.6 Å². The molecule has 2 N–H and O–H groups in total. The van der Waals surface area contributed by atoms with Crippen molar-refractivity contribution in [2.75, 3.05) is 18.0 Å². The summed E-state index contributed by atoms with van der Waals surface area (Å²) in [6, 6.07) is 0.293. The van der Waals surface area contributed by atoms with E-state index in [0.717, 1.165) is 23.2 Å². The fourth-order valence-electron chi connectivity index (χ4n) is 2.32. The highest BCUT2D eigenvalue weighted by Crippen LogP contribution is 2.30. The monoisotopic (exact) mass is 254 g/mol. The molecular weight excluding hydrogens is 232 g/mol. The van der Waals surface area contributed by atoms with E-state index in [4.69, 9.17) is 5.73 Å². The van der Waals surface area contributed by atoms with Gasteiger partial charge in [0.25, 0.3) is 0 Å². The highest BCUT2D eigenvalue weighted by molar-refractivity contribution is 7.15. The first-order chi connectivity index (χ1) is 8.11. The SMILES string of the molecule is CCC[C@@H]1CN(c2nnc(C(C)C)s2)C[C@H]1N. The molecule has 2 heterocycles. The molecule has 0 bridgehead atoms. The molecule has 0 unspecified atom stereocenters. The first kappa shape index (κ1) is 12.8. The van der Waals surface area contributed by atoms with Gasteiger partial charge < -0.3 is 10.6 Å². The molecule has 1 aliphatic heterocycles. The number of nitrogens with zero attached hydrogens (tertiary/aromatic N) is 3. The molecule has 1 aliphatic rings. The van der Waals surface area contributed by atoms with Crippen molar-refractivity contribution < 1.29 is 0 Å². The summed E-state index contributed by atoms with van der Waals surface area (Å²) >= 11 is 1.71. The van der Waals surface area contributed by atoms with E-state index in [1.54, 1.807) is 11.3 Å². The Labute approximate surface area is 107 Å². The number of rotatable bonds is 4. The number of hydrogen-bond acceptors (Lipinski definition) is 5. The van der Waals surface area contributed by atoms with Crippen LogP contribution in [0.3, 0.4) is 0 Å². The van der Waals surface area contributed by atoms with Crippen LogP contribution in [0.25, 0.3) is 0 Å². The lowest BCUT2D eigenvalue weighted by Gasteiger charge is -2.13. The molecule has 4 nitrogen and oxygen atoms in total. The van der Waals surface area contributed by atoms with Crippen LogP contribution in [0.5, 0.6) is 0 Å². The molecule has 0 spiro atoms. The van der Waals surface area contributed by atoms with Crippen LogP contribution in [0.15, 0.2) is 0 Å². The third-order valence-corrected chi connectivity index (χ3v) is 4.63. The standard InChI is InChI=1S/C12H22N4S/c1-4-5-9-6-16(7-10(9)13)12-15-14-11(17-12)8(2)3/h8-10H,4-7,13H2,1-3H3/t9-,10-/m1/s1. The van der Waals surface area contributed by atoms with Crippen LogP contribution in [0.2, 0.25) is 0 Å². The number of hydrogen-bond donors (Lipinski definition) is 1. The van der Waals surface area contributed by atoms with Crippen LogP contribution in [-0.2, 0) is 0 Å². The van der Waals surface area contributed by atoms with Crippen molar-refractivity contribution >= 4 is 16.5 Å². The molecule has 0 aromatic carbocycles. The first-order valence-corrected chi connectivity index (χ1v) is 7.27. The van der Waals surface area contributed by atoms with Gasteiger partial charge in [-0.2, -0.15) is 0 Å². The molecule has 17 heavy (non-hydrogen) atoms. The molecular formula is C12H22N4S. The molecule has 1 saturated heterocycles. The molecule has 5 heteroatoms. The topological polar surface area (TPSA) is 55.0 Å². The highest BCUT2D eigenvalue weighted by Gasteiger charge is 2.31. The quantitative estimate of drug-likeness (QED) is 0.895. The lowest BCUT2D eigenvalue weighted by Crippen LogP contribution is -2.29. The Kier molecular flexibility index (Phi) is 3.99. The molecule has 0 radical (unpaired) electrons. The Morgan fingerprint density at radius 3 is 2.76 bits per heavy atom. The number of aromatic nitrogens is 2. The number of anilines is 1. The molecule has 1 aromatic heterocycles. The van der Waals surface area contributed by atoms with Gasteiger partial charge in [-0.25, -0.2) is 0 Å². The number of nitrogens with two attached hydrogens (primary N) is 1. The zero-order valence-electron chi connectivity index (χ0n) is 10.9. The normalized spacial score (nSPS) is 24.9. The summed E-state index contributed by atoms with van der Waals surface area (Å²) in [6.45, 7) is 8.50. The Hall–Kier alpha value is -0.680. The smallest absolute Gasteiger partial charge is 0.208 e. The van der Waals surface area contributed by atoms with E-state index in [-0.39, 0.29) is 0 Å². The van der Waals surface area contributed by atoms with Gasteiger partial charge in [0.15, 0.2) is 0 Å². The largest absolute Gasteiger partial charge is 0.345 e. The molecule has 0 aliphatic carbocycles. The zero-order valence-corrected chi connectivity index (χ0v) is 11.7. The molecule has 0 amide bonds. The predicted octanol–water partition coefficient (Wildman–Crippen LogP) is 2.23. The van der Waals surface area contributed by atoms with Crippen molar-refractivity contribution in [3.05, 3.63) is 5.01 Å². The molecule has 1 aromatic rings. The van der Waals surface area contributed by atoms with Gasteiger partial charge in [0, 0.05) is 25.0 Å². The summed E-state index contributed by atoms with van der Waals surface area (Å²) in [7, 11) is 0. The summed E-state index contributed by atoms with van der Waals surface area (Å²) in [5.74, 6) is 1.08. The van der Waals surface area contributed by atoms with Gasteiger partial charge in [0.2, 0.25) is 5.13 Å². The van der Waals surface area contributed by atoms with E-state index in [9.17, 15) is 0 Å². The van der Waals surface area contributed by atoms with Crippen LogP contribution in [0.1, 0.15) is 44.5 Å². The maximum Gasteiger partial charge on any atom is 0.208 e. The fourth-order valence-corrected chi connectivity index (χ4v) is 3.18. The van der Waals surface area contributed by atoms with E-state index in [1.165, 1.54) is 12.8 Å². The summed E-state index contributed by atoms with van der Waals surface area (Å²) in [5, 5.41) is 10.7.